The molecule has 3 nitrogen and oxygen atoms in total. The lowest BCUT2D eigenvalue weighted by Gasteiger charge is -2.33. The highest BCUT2D eigenvalue weighted by molar-refractivity contribution is 7.26. The topological polar surface area (TPSA) is 22.2 Å². The molecular weight excluding hydrogens is 603 g/mol. The summed E-state index contributed by atoms with van der Waals surface area (Å²) in [7, 11) is 0. The fourth-order valence-electron chi connectivity index (χ4n) is 8.54. The van der Waals surface area contributed by atoms with Gasteiger partial charge in [0, 0.05) is 27.1 Å². The summed E-state index contributed by atoms with van der Waals surface area (Å²) in [6.45, 7) is 0. The lowest BCUT2D eigenvalue weighted by molar-refractivity contribution is 0.769. The van der Waals surface area contributed by atoms with Gasteiger partial charge in [-0.1, -0.05) is 121 Å². The highest BCUT2D eigenvalue weighted by Gasteiger charge is 2.46. The third-order valence-electron chi connectivity index (χ3n) is 10.4. The maximum absolute atomic E-state index is 4.98. The fraction of sp³-hybridized carbons (Fsp3) is 0.0227. The van der Waals surface area contributed by atoms with Crippen molar-refractivity contribution in [2.45, 2.75) is 5.41 Å². The predicted octanol–water partition coefficient (Wildman–Crippen LogP) is 11.2. The number of hydrogen-bond donors (Lipinski definition) is 0. The van der Waals surface area contributed by atoms with E-state index in [1.54, 1.807) is 0 Å². The van der Waals surface area contributed by atoms with Gasteiger partial charge in [0.2, 0.25) is 0 Å². The summed E-state index contributed by atoms with van der Waals surface area (Å²) in [6, 6.07) is 57.9. The molecule has 48 heavy (non-hydrogen) atoms. The number of fused-ring (bicyclic) bond motifs is 11. The second kappa shape index (κ2) is 9.54. The molecule has 0 bridgehead atoms. The van der Waals surface area contributed by atoms with Crippen molar-refractivity contribution >= 4 is 59.0 Å². The standard InChI is InChI=1S/C44H27N3S/c1-3-14-28(15-4-1)44(29-16-5-2-6-17-29)35-21-10-7-18-30(35)33-27-39-34(26-36(33)44)43-42(32-20-9-12-24-40(32)48-43)47(39)38-23-13-25-46-41(38)31-19-8-11-22-37(31)45-46/h1-27H. The van der Waals surface area contributed by atoms with E-state index in [1.807, 2.05) is 15.9 Å². The molecule has 0 saturated carbocycles. The molecule has 4 aromatic heterocycles. The highest BCUT2D eigenvalue weighted by Crippen LogP contribution is 2.58. The van der Waals surface area contributed by atoms with Crippen molar-refractivity contribution in [3.8, 4) is 16.8 Å². The van der Waals surface area contributed by atoms with Crippen molar-refractivity contribution in [2.24, 2.45) is 0 Å². The third kappa shape index (κ3) is 3.25. The van der Waals surface area contributed by atoms with Crippen LogP contribution in [0.5, 0.6) is 0 Å². The molecule has 0 aliphatic heterocycles. The summed E-state index contributed by atoms with van der Waals surface area (Å²) in [4.78, 5) is 0. The zero-order valence-corrected chi connectivity index (χ0v) is 26.7. The van der Waals surface area contributed by atoms with Gasteiger partial charge in [-0.3, -0.25) is 0 Å². The molecule has 1 aliphatic rings. The Kier molecular flexibility index (Phi) is 5.19. The van der Waals surface area contributed by atoms with E-state index in [2.05, 4.69) is 168 Å². The lowest BCUT2D eigenvalue weighted by Crippen LogP contribution is -2.28. The Hall–Kier alpha value is -5.97. The van der Waals surface area contributed by atoms with Crippen LogP contribution >= 0.6 is 11.3 Å². The normalized spacial score (nSPS) is 13.6. The van der Waals surface area contributed by atoms with Crippen molar-refractivity contribution in [2.75, 3.05) is 0 Å². The molecule has 0 saturated heterocycles. The minimum absolute atomic E-state index is 0.449. The van der Waals surface area contributed by atoms with E-state index < -0.39 is 5.41 Å². The van der Waals surface area contributed by atoms with Gasteiger partial charge in [-0.25, -0.2) is 4.52 Å². The molecule has 10 aromatic rings. The Balaban J connectivity index is 1.35. The molecule has 1 aliphatic carbocycles. The van der Waals surface area contributed by atoms with Crippen LogP contribution in [0.25, 0.3) is 64.4 Å². The first-order valence-corrected chi connectivity index (χ1v) is 17.2. The number of rotatable bonds is 3. The monoisotopic (exact) mass is 629 g/mol. The Morgan fingerprint density at radius 1 is 0.521 bits per heavy atom. The molecule has 224 valence electrons. The molecule has 0 atom stereocenters. The van der Waals surface area contributed by atoms with Gasteiger partial charge in [0.1, 0.15) is 0 Å². The summed E-state index contributed by atoms with van der Waals surface area (Å²) in [6.07, 6.45) is 2.06. The van der Waals surface area contributed by atoms with Crippen molar-refractivity contribution < 1.29 is 0 Å². The van der Waals surface area contributed by atoms with E-state index in [1.165, 1.54) is 64.6 Å². The van der Waals surface area contributed by atoms with E-state index in [0.717, 1.165) is 22.1 Å². The average molecular weight is 630 g/mol. The zero-order valence-electron chi connectivity index (χ0n) is 25.8. The van der Waals surface area contributed by atoms with E-state index in [9.17, 15) is 0 Å². The van der Waals surface area contributed by atoms with Gasteiger partial charge in [0.25, 0.3) is 0 Å². The predicted molar refractivity (Wildman–Crippen MR) is 200 cm³/mol. The van der Waals surface area contributed by atoms with Crippen molar-refractivity contribution in [1.82, 2.24) is 14.2 Å². The Morgan fingerprint density at radius 3 is 2.02 bits per heavy atom. The molecule has 0 fully saturated rings. The van der Waals surface area contributed by atoms with Crippen LogP contribution in [0, 0.1) is 0 Å². The van der Waals surface area contributed by atoms with Crippen molar-refractivity contribution in [1.29, 1.82) is 0 Å². The summed E-state index contributed by atoms with van der Waals surface area (Å²) >= 11 is 1.90. The molecule has 4 heteroatoms. The number of aromatic nitrogens is 3. The maximum atomic E-state index is 4.98. The summed E-state index contributed by atoms with van der Waals surface area (Å²) < 4.78 is 7.17. The molecule has 11 rings (SSSR count). The molecule has 4 heterocycles. The Bertz CT molecular complexity index is 2850. The molecule has 0 amide bonds. The van der Waals surface area contributed by atoms with Gasteiger partial charge < -0.3 is 4.57 Å². The van der Waals surface area contributed by atoms with Crippen LogP contribution in [0.1, 0.15) is 22.3 Å². The number of pyridine rings is 1. The van der Waals surface area contributed by atoms with Crippen LogP contribution in [0.3, 0.4) is 0 Å². The Labute approximate surface area is 280 Å². The minimum atomic E-state index is -0.449. The number of benzene rings is 6. The van der Waals surface area contributed by atoms with Crippen LogP contribution in [0.15, 0.2) is 164 Å². The van der Waals surface area contributed by atoms with Crippen LogP contribution in [-0.4, -0.2) is 14.2 Å². The first-order chi connectivity index (χ1) is 23.8. The highest BCUT2D eigenvalue weighted by atomic mass is 32.1. The number of nitrogens with zero attached hydrogens (tertiary/aromatic N) is 3. The molecule has 0 spiro atoms. The van der Waals surface area contributed by atoms with Crippen LogP contribution in [0.2, 0.25) is 0 Å². The summed E-state index contributed by atoms with van der Waals surface area (Å²) in [5.74, 6) is 0. The smallest absolute Gasteiger partial charge is 0.0980 e. The van der Waals surface area contributed by atoms with E-state index in [0.29, 0.717) is 0 Å². The number of thiophene rings is 1. The molecule has 0 N–H and O–H groups in total. The second-order valence-electron chi connectivity index (χ2n) is 12.8. The van der Waals surface area contributed by atoms with Crippen molar-refractivity contribution in [3.63, 3.8) is 0 Å². The zero-order chi connectivity index (χ0) is 31.4. The first kappa shape index (κ1) is 26.1. The van der Waals surface area contributed by atoms with Gasteiger partial charge >= 0.3 is 0 Å². The fourth-order valence-corrected chi connectivity index (χ4v) is 9.75. The minimum Gasteiger partial charge on any atom is -0.306 e. The molecule has 6 aromatic carbocycles. The molecular formula is C44H27N3S. The molecule has 0 unspecified atom stereocenters. The Morgan fingerprint density at radius 2 is 1.21 bits per heavy atom. The largest absolute Gasteiger partial charge is 0.306 e. The second-order valence-corrected chi connectivity index (χ2v) is 13.8. The van der Waals surface area contributed by atoms with Gasteiger partial charge in [0.15, 0.2) is 0 Å². The summed E-state index contributed by atoms with van der Waals surface area (Å²) in [5, 5.41) is 8.68. The maximum Gasteiger partial charge on any atom is 0.0980 e. The number of hydrogen-bond acceptors (Lipinski definition) is 2. The van der Waals surface area contributed by atoms with E-state index >= 15 is 0 Å². The van der Waals surface area contributed by atoms with Crippen LogP contribution in [-0.2, 0) is 5.41 Å². The van der Waals surface area contributed by atoms with Crippen molar-refractivity contribution in [3.05, 3.63) is 186 Å². The molecule has 0 radical (unpaired) electrons. The summed E-state index contributed by atoms with van der Waals surface area (Å²) in [5.41, 5.74) is 13.1. The third-order valence-corrected chi connectivity index (χ3v) is 11.6. The van der Waals surface area contributed by atoms with E-state index in [-0.39, 0.29) is 0 Å². The average Bonchev–Trinajstić information content (AvgIpc) is 3.88. The first-order valence-electron chi connectivity index (χ1n) is 16.4. The van der Waals surface area contributed by atoms with Gasteiger partial charge in [-0.05, 0) is 69.8 Å². The SMILES string of the molecule is c1ccc(C2(c3ccccc3)c3ccccc3-c3cc4c(cc32)c2sc3ccccc3c2n4-c2cccn3nc4ccccc4c23)cc1. The van der Waals surface area contributed by atoms with E-state index in [4.69, 9.17) is 5.10 Å². The van der Waals surface area contributed by atoms with Crippen LogP contribution in [0.4, 0.5) is 0 Å². The quantitative estimate of drug-likeness (QED) is 0.191. The van der Waals surface area contributed by atoms with Gasteiger partial charge in [-0.15, -0.1) is 11.3 Å². The van der Waals surface area contributed by atoms with Crippen LogP contribution < -0.4 is 0 Å². The lowest BCUT2D eigenvalue weighted by atomic mass is 9.67. The van der Waals surface area contributed by atoms with Gasteiger partial charge in [-0.2, -0.15) is 5.10 Å². The van der Waals surface area contributed by atoms with Gasteiger partial charge in [0.05, 0.1) is 37.9 Å².